The van der Waals surface area contributed by atoms with Crippen LogP contribution >= 0.6 is 0 Å². The van der Waals surface area contributed by atoms with Crippen LogP contribution < -0.4 is 16.4 Å². The van der Waals surface area contributed by atoms with Gasteiger partial charge in [0, 0.05) is 6.20 Å². The van der Waals surface area contributed by atoms with Crippen LogP contribution in [0.1, 0.15) is 6.92 Å². The predicted octanol–water partition coefficient (Wildman–Crippen LogP) is -0.0357. The van der Waals surface area contributed by atoms with E-state index in [9.17, 15) is 4.79 Å². The summed E-state index contributed by atoms with van der Waals surface area (Å²) < 4.78 is 0. The Morgan fingerprint density at radius 3 is 3.00 bits per heavy atom. The lowest BCUT2D eigenvalue weighted by Gasteiger charge is -2.13. The van der Waals surface area contributed by atoms with Gasteiger partial charge in [0.1, 0.15) is 11.9 Å². The summed E-state index contributed by atoms with van der Waals surface area (Å²) in [7, 11) is 0. The standard InChI is InChI=1S/C9H13N3O/c1-7(9(10)13)12-8-5-3-2-4-6-11-8/h2-7,11-12H,1H3,(H2,10,13)/t7-/m0/s1. The van der Waals surface area contributed by atoms with Crippen molar-refractivity contribution in [3.05, 3.63) is 36.3 Å². The smallest absolute Gasteiger partial charge is 0.239 e. The molecular formula is C9H13N3O. The fraction of sp³-hybridized carbons (Fsp3) is 0.222. The Kier molecular flexibility index (Phi) is 3.14. The van der Waals surface area contributed by atoms with Crippen LogP contribution in [0.4, 0.5) is 0 Å². The molecule has 0 fully saturated rings. The van der Waals surface area contributed by atoms with Gasteiger partial charge in [0.15, 0.2) is 0 Å². The van der Waals surface area contributed by atoms with Crippen LogP contribution in [0.25, 0.3) is 0 Å². The maximum atomic E-state index is 10.7. The average molecular weight is 179 g/mol. The van der Waals surface area contributed by atoms with Crippen molar-refractivity contribution in [3.8, 4) is 0 Å². The summed E-state index contributed by atoms with van der Waals surface area (Å²) in [4.78, 5) is 10.7. The summed E-state index contributed by atoms with van der Waals surface area (Å²) in [5.41, 5.74) is 5.10. The number of nitrogens with two attached hydrogens (primary N) is 1. The second-order valence-electron chi connectivity index (χ2n) is 2.74. The Bertz CT molecular complexity index is 279. The molecule has 0 unspecified atom stereocenters. The summed E-state index contributed by atoms with van der Waals surface area (Å²) in [6, 6.07) is -0.376. The molecule has 0 aromatic carbocycles. The molecular weight excluding hydrogens is 166 g/mol. The Hall–Kier alpha value is -1.71. The Labute approximate surface area is 77.2 Å². The highest BCUT2D eigenvalue weighted by Crippen LogP contribution is 1.93. The minimum atomic E-state index is -0.376. The Morgan fingerprint density at radius 1 is 1.54 bits per heavy atom. The van der Waals surface area contributed by atoms with Crippen LogP contribution in [0.15, 0.2) is 36.3 Å². The average Bonchev–Trinajstić information content (AvgIpc) is 2.32. The highest BCUT2D eigenvalue weighted by atomic mass is 16.1. The van der Waals surface area contributed by atoms with E-state index in [0.717, 1.165) is 5.82 Å². The predicted molar refractivity (Wildman–Crippen MR) is 51.3 cm³/mol. The second-order valence-corrected chi connectivity index (χ2v) is 2.74. The third-order valence-corrected chi connectivity index (χ3v) is 1.62. The third kappa shape index (κ3) is 3.02. The zero-order valence-electron chi connectivity index (χ0n) is 7.45. The molecule has 1 rings (SSSR count). The van der Waals surface area contributed by atoms with E-state index < -0.39 is 0 Å². The number of carbonyl (C=O) groups excluding carboxylic acids is 1. The van der Waals surface area contributed by atoms with Crippen LogP contribution in [0.5, 0.6) is 0 Å². The summed E-state index contributed by atoms with van der Waals surface area (Å²) in [6.07, 6.45) is 9.22. The first-order valence-corrected chi connectivity index (χ1v) is 4.06. The number of carbonyl (C=O) groups is 1. The number of allylic oxidation sites excluding steroid dienone is 4. The van der Waals surface area contributed by atoms with Crippen molar-refractivity contribution in [2.24, 2.45) is 5.73 Å². The van der Waals surface area contributed by atoms with E-state index in [1.165, 1.54) is 0 Å². The highest BCUT2D eigenvalue weighted by molar-refractivity contribution is 5.79. The number of nitrogens with one attached hydrogen (secondary N) is 2. The zero-order valence-corrected chi connectivity index (χ0v) is 7.45. The van der Waals surface area contributed by atoms with Crippen molar-refractivity contribution in [3.63, 3.8) is 0 Å². The Balaban J connectivity index is 2.53. The molecule has 0 bridgehead atoms. The van der Waals surface area contributed by atoms with Crippen molar-refractivity contribution >= 4 is 5.91 Å². The van der Waals surface area contributed by atoms with Gasteiger partial charge in [0.25, 0.3) is 0 Å². The number of rotatable bonds is 3. The normalized spacial score (nSPS) is 16.8. The molecule has 0 radical (unpaired) electrons. The first-order chi connectivity index (χ1) is 6.20. The highest BCUT2D eigenvalue weighted by Gasteiger charge is 2.08. The van der Waals surface area contributed by atoms with Gasteiger partial charge in [0.2, 0.25) is 5.91 Å². The molecule has 0 aromatic heterocycles. The summed E-state index contributed by atoms with van der Waals surface area (Å²) in [5.74, 6) is 0.385. The van der Waals surface area contributed by atoms with Crippen molar-refractivity contribution in [2.45, 2.75) is 13.0 Å². The van der Waals surface area contributed by atoms with Gasteiger partial charge in [-0.2, -0.15) is 0 Å². The molecule has 4 N–H and O–H groups in total. The maximum absolute atomic E-state index is 10.7. The van der Waals surface area contributed by atoms with E-state index in [1.54, 1.807) is 13.1 Å². The minimum Gasteiger partial charge on any atom is -0.368 e. The van der Waals surface area contributed by atoms with E-state index in [2.05, 4.69) is 10.6 Å². The first kappa shape index (κ1) is 9.38. The lowest BCUT2D eigenvalue weighted by molar-refractivity contribution is -0.119. The van der Waals surface area contributed by atoms with Crippen LogP contribution in [0.2, 0.25) is 0 Å². The molecule has 4 nitrogen and oxygen atoms in total. The molecule has 1 amide bonds. The monoisotopic (exact) mass is 179 g/mol. The molecule has 0 saturated heterocycles. The van der Waals surface area contributed by atoms with Crippen molar-refractivity contribution < 1.29 is 4.79 Å². The van der Waals surface area contributed by atoms with Gasteiger partial charge < -0.3 is 16.4 Å². The summed E-state index contributed by atoms with van der Waals surface area (Å²) >= 11 is 0. The third-order valence-electron chi connectivity index (χ3n) is 1.62. The van der Waals surface area contributed by atoms with Crippen LogP contribution in [0.3, 0.4) is 0 Å². The SMILES string of the molecule is C[C@H](NC1=CC=CC=CN1)C(N)=O. The lowest BCUT2D eigenvalue weighted by Crippen LogP contribution is -2.40. The van der Waals surface area contributed by atoms with Gasteiger partial charge in [-0.3, -0.25) is 4.79 Å². The molecule has 1 heterocycles. The van der Waals surface area contributed by atoms with Gasteiger partial charge in [-0.15, -0.1) is 0 Å². The molecule has 0 aliphatic carbocycles. The minimum absolute atomic E-state index is 0.375. The summed E-state index contributed by atoms with van der Waals surface area (Å²) in [5, 5.41) is 5.90. The van der Waals surface area contributed by atoms with Gasteiger partial charge >= 0.3 is 0 Å². The van der Waals surface area contributed by atoms with Crippen LogP contribution in [-0.2, 0) is 4.79 Å². The molecule has 0 saturated carbocycles. The topological polar surface area (TPSA) is 67.2 Å². The molecule has 0 spiro atoms. The van der Waals surface area contributed by atoms with Crippen LogP contribution in [-0.4, -0.2) is 11.9 Å². The van der Waals surface area contributed by atoms with Gasteiger partial charge in [-0.25, -0.2) is 0 Å². The number of primary amides is 1. The fourth-order valence-electron chi connectivity index (χ4n) is 0.852. The van der Waals surface area contributed by atoms with E-state index in [-0.39, 0.29) is 11.9 Å². The van der Waals surface area contributed by atoms with Crippen molar-refractivity contribution in [1.82, 2.24) is 10.6 Å². The molecule has 1 atom stereocenters. The molecule has 13 heavy (non-hydrogen) atoms. The molecule has 1 aliphatic rings. The largest absolute Gasteiger partial charge is 0.368 e. The van der Waals surface area contributed by atoms with E-state index in [4.69, 9.17) is 5.73 Å². The number of hydrogen-bond donors (Lipinski definition) is 3. The van der Waals surface area contributed by atoms with Crippen LogP contribution in [0, 0.1) is 0 Å². The van der Waals surface area contributed by atoms with Gasteiger partial charge in [-0.05, 0) is 19.1 Å². The quantitative estimate of drug-likeness (QED) is 0.569. The Morgan fingerprint density at radius 2 is 2.31 bits per heavy atom. The second kappa shape index (κ2) is 4.35. The first-order valence-electron chi connectivity index (χ1n) is 4.06. The van der Waals surface area contributed by atoms with Gasteiger partial charge in [0.05, 0.1) is 0 Å². The summed E-state index contributed by atoms with van der Waals surface area (Å²) in [6.45, 7) is 1.71. The number of amides is 1. The molecule has 70 valence electrons. The van der Waals surface area contributed by atoms with E-state index in [0.29, 0.717) is 0 Å². The van der Waals surface area contributed by atoms with Crippen molar-refractivity contribution in [2.75, 3.05) is 0 Å². The van der Waals surface area contributed by atoms with E-state index >= 15 is 0 Å². The maximum Gasteiger partial charge on any atom is 0.239 e. The molecule has 4 heteroatoms. The molecule has 1 aliphatic heterocycles. The fourth-order valence-corrected chi connectivity index (χ4v) is 0.852. The van der Waals surface area contributed by atoms with Crippen molar-refractivity contribution in [1.29, 1.82) is 0 Å². The lowest BCUT2D eigenvalue weighted by atomic mass is 10.3. The zero-order chi connectivity index (χ0) is 9.68. The number of hydrogen-bond acceptors (Lipinski definition) is 3. The molecule has 0 aromatic rings. The van der Waals surface area contributed by atoms with Gasteiger partial charge in [-0.1, -0.05) is 12.2 Å². The van der Waals surface area contributed by atoms with E-state index in [1.807, 2.05) is 24.3 Å².